The molecule has 0 aliphatic heterocycles. The molecule has 7 nitrogen and oxygen atoms in total. The van der Waals surface area contributed by atoms with Gasteiger partial charge in [0.2, 0.25) is 0 Å². The first-order valence-electron chi connectivity index (χ1n) is 8.57. The molecule has 2 aromatic heterocycles. The summed E-state index contributed by atoms with van der Waals surface area (Å²) in [5, 5.41) is 7.52. The van der Waals surface area contributed by atoms with Gasteiger partial charge in [-0.25, -0.2) is 9.97 Å². The van der Waals surface area contributed by atoms with E-state index in [1.807, 2.05) is 39.8 Å². The van der Waals surface area contributed by atoms with E-state index in [9.17, 15) is 4.79 Å². The molecule has 0 saturated heterocycles. The quantitative estimate of drug-likeness (QED) is 0.619. The van der Waals surface area contributed by atoms with Crippen LogP contribution in [0.4, 0.5) is 0 Å². The lowest BCUT2D eigenvalue weighted by molar-refractivity contribution is 0.0895. The van der Waals surface area contributed by atoms with E-state index < -0.39 is 5.91 Å². The molecule has 3 rings (SSSR count). The van der Waals surface area contributed by atoms with Gasteiger partial charge < -0.3 is 9.84 Å². The van der Waals surface area contributed by atoms with Gasteiger partial charge in [-0.05, 0) is 18.6 Å². The molecule has 1 aromatic carbocycles. The zero-order valence-corrected chi connectivity index (χ0v) is 17.3. The number of aromatic nitrogens is 4. The van der Waals surface area contributed by atoms with Crippen LogP contribution in [-0.2, 0) is 5.41 Å². The summed E-state index contributed by atoms with van der Waals surface area (Å²) in [6.07, 6.45) is 1.39. The van der Waals surface area contributed by atoms with Crippen LogP contribution >= 0.6 is 23.2 Å². The molecule has 28 heavy (non-hydrogen) atoms. The molecule has 146 valence electrons. The van der Waals surface area contributed by atoms with Gasteiger partial charge in [0, 0.05) is 22.1 Å². The van der Waals surface area contributed by atoms with Crippen molar-refractivity contribution in [3.05, 3.63) is 58.0 Å². The SMILES string of the molecule is C[C@@H](NC(=O)c1nc(C(C)(C)C)no1)c1ccc(-c2cc(Cl)ncn2)cc1Cl. The predicted octanol–water partition coefficient (Wildman–Crippen LogP) is 4.62. The Kier molecular flexibility index (Phi) is 5.67. The van der Waals surface area contributed by atoms with Gasteiger partial charge in [0.15, 0.2) is 5.82 Å². The topological polar surface area (TPSA) is 93.8 Å². The van der Waals surface area contributed by atoms with E-state index >= 15 is 0 Å². The molecular formula is C19H19Cl2N5O2. The van der Waals surface area contributed by atoms with Crippen LogP contribution in [0.15, 0.2) is 35.1 Å². The maximum Gasteiger partial charge on any atom is 0.315 e. The number of amides is 1. The van der Waals surface area contributed by atoms with Gasteiger partial charge in [0.1, 0.15) is 11.5 Å². The standard InChI is InChI=1S/C19H19Cl2N5O2/c1-10(24-16(27)17-25-18(26-28-17)19(2,3)4)12-6-5-11(7-13(12)20)14-8-15(21)23-9-22-14/h5-10H,1-4H3,(H,24,27)/t10-/m1/s1. The number of nitrogens with one attached hydrogen (secondary N) is 1. The number of carbonyl (C=O) groups excluding carboxylic acids is 1. The van der Waals surface area contributed by atoms with Crippen molar-refractivity contribution < 1.29 is 9.32 Å². The summed E-state index contributed by atoms with van der Waals surface area (Å²) in [4.78, 5) is 24.6. The van der Waals surface area contributed by atoms with E-state index in [4.69, 9.17) is 27.7 Å². The first-order valence-corrected chi connectivity index (χ1v) is 9.33. The lowest BCUT2D eigenvalue weighted by Gasteiger charge is -2.15. The summed E-state index contributed by atoms with van der Waals surface area (Å²) in [5.41, 5.74) is 1.89. The number of halogens is 2. The van der Waals surface area contributed by atoms with Gasteiger partial charge in [-0.15, -0.1) is 0 Å². The van der Waals surface area contributed by atoms with Crippen LogP contribution in [0.1, 0.15) is 55.8 Å². The minimum atomic E-state index is -0.460. The third-order valence-electron chi connectivity index (χ3n) is 4.04. The average Bonchev–Trinajstić information content (AvgIpc) is 3.12. The highest BCUT2D eigenvalue weighted by molar-refractivity contribution is 6.31. The van der Waals surface area contributed by atoms with E-state index in [2.05, 4.69) is 25.4 Å². The Labute approximate surface area is 172 Å². The third-order valence-corrected chi connectivity index (χ3v) is 4.57. The summed E-state index contributed by atoms with van der Waals surface area (Å²) < 4.78 is 5.08. The van der Waals surface area contributed by atoms with Crippen LogP contribution in [0.2, 0.25) is 10.2 Å². The summed E-state index contributed by atoms with van der Waals surface area (Å²) in [6.45, 7) is 7.64. The van der Waals surface area contributed by atoms with Crippen molar-refractivity contribution in [2.75, 3.05) is 0 Å². The number of benzene rings is 1. The Bertz CT molecular complexity index is 1010. The first-order chi connectivity index (χ1) is 13.1. The first kappa shape index (κ1) is 20.2. The van der Waals surface area contributed by atoms with Crippen molar-refractivity contribution in [3.8, 4) is 11.3 Å². The van der Waals surface area contributed by atoms with Gasteiger partial charge in [-0.2, -0.15) is 4.98 Å². The molecule has 0 aliphatic carbocycles. The van der Waals surface area contributed by atoms with Crippen molar-refractivity contribution in [2.24, 2.45) is 0 Å². The number of rotatable bonds is 4. The maximum atomic E-state index is 12.4. The minimum Gasteiger partial charge on any atom is -0.341 e. The molecule has 0 spiro atoms. The fourth-order valence-electron chi connectivity index (χ4n) is 2.49. The van der Waals surface area contributed by atoms with Crippen molar-refractivity contribution in [3.63, 3.8) is 0 Å². The second-order valence-corrected chi connectivity index (χ2v) is 8.12. The van der Waals surface area contributed by atoms with Crippen molar-refractivity contribution >= 4 is 29.1 Å². The van der Waals surface area contributed by atoms with Crippen LogP contribution in [0.5, 0.6) is 0 Å². The predicted molar refractivity (Wildman–Crippen MR) is 106 cm³/mol. The summed E-state index contributed by atoms with van der Waals surface area (Å²) in [6, 6.07) is 6.73. The summed E-state index contributed by atoms with van der Waals surface area (Å²) >= 11 is 12.3. The number of nitrogens with zero attached hydrogens (tertiary/aromatic N) is 4. The van der Waals surface area contributed by atoms with E-state index in [1.165, 1.54) is 6.33 Å². The zero-order valence-electron chi connectivity index (χ0n) is 15.8. The molecule has 3 aromatic rings. The molecule has 2 heterocycles. The highest BCUT2D eigenvalue weighted by Gasteiger charge is 2.25. The molecule has 0 radical (unpaired) electrons. The maximum absolute atomic E-state index is 12.4. The van der Waals surface area contributed by atoms with Crippen LogP contribution < -0.4 is 5.32 Å². The fourth-order valence-corrected chi connectivity index (χ4v) is 2.98. The summed E-state index contributed by atoms with van der Waals surface area (Å²) in [7, 11) is 0. The normalized spacial score (nSPS) is 12.6. The van der Waals surface area contributed by atoms with E-state index in [0.29, 0.717) is 21.7 Å². The Morgan fingerprint density at radius 2 is 1.93 bits per heavy atom. The Hall–Kier alpha value is -2.51. The van der Waals surface area contributed by atoms with E-state index in [1.54, 1.807) is 12.1 Å². The minimum absolute atomic E-state index is 0.0832. The summed E-state index contributed by atoms with van der Waals surface area (Å²) in [5.74, 6) is -0.0745. The Morgan fingerprint density at radius 1 is 1.18 bits per heavy atom. The fraction of sp³-hybridized carbons (Fsp3) is 0.316. The van der Waals surface area contributed by atoms with Gasteiger partial charge >= 0.3 is 11.8 Å². The lowest BCUT2D eigenvalue weighted by atomic mass is 9.96. The molecule has 1 amide bonds. The third kappa shape index (κ3) is 4.48. The zero-order chi connectivity index (χ0) is 20.5. The van der Waals surface area contributed by atoms with Crippen molar-refractivity contribution in [1.82, 2.24) is 25.4 Å². The van der Waals surface area contributed by atoms with Crippen molar-refractivity contribution in [2.45, 2.75) is 39.2 Å². The van der Waals surface area contributed by atoms with Crippen LogP contribution in [-0.4, -0.2) is 26.0 Å². The number of carbonyl (C=O) groups is 1. The van der Waals surface area contributed by atoms with Crippen LogP contribution in [0.3, 0.4) is 0 Å². The molecule has 1 atom stereocenters. The molecule has 0 aliphatic rings. The number of hydrogen-bond acceptors (Lipinski definition) is 6. The van der Waals surface area contributed by atoms with Crippen LogP contribution in [0, 0.1) is 0 Å². The van der Waals surface area contributed by atoms with Crippen molar-refractivity contribution in [1.29, 1.82) is 0 Å². The van der Waals surface area contributed by atoms with Gasteiger partial charge in [0.05, 0.1) is 11.7 Å². The molecule has 0 bridgehead atoms. The monoisotopic (exact) mass is 419 g/mol. The van der Waals surface area contributed by atoms with Gasteiger partial charge in [-0.3, -0.25) is 4.79 Å². The van der Waals surface area contributed by atoms with Gasteiger partial charge in [-0.1, -0.05) is 61.3 Å². The Morgan fingerprint density at radius 3 is 2.54 bits per heavy atom. The Balaban J connectivity index is 1.76. The van der Waals surface area contributed by atoms with Gasteiger partial charge in [0.25, 0.3) is 0 Å². The highest BCUT2D eigenvalue weighted by Crippen LogP contribution is 2.29. The molecule has 0 unspecified atom stereocenters. The van der Waals surface area contributed by atoms with Crippen LogP contribution in [0.25, 0.3) is 11.3 Å². The largest absolute Gasteiger partial charge is 0.341 e. The molecule has 0 fully saturated rings. The lowest BCUT2D eigenvalue weighted by Crippen LogP contribution is -2.27. The average molecular weight is 420 g/mol. The second-order valence-electron chi connectivity index (χ2n) is 7.33. The van der Waals surface area contributed by atoms with E-state index in [0.717, 1.165) is 11.1 Å². The smallest absolute Gasteiger partial charge is 0.315 e. The highest BCUT2D eigenvalue weighted by atomic mass is 35.5. The molecule has 9 heteroatoms. The number of hydrogen-bond donors (Lipinski definition) is 1. The van der Waals surface area contributed by atoms with E-state index in [-0.39, 0.29) is 17.3 Å². The molecular weight excluding hydrogens is 401 g/mol. The second kappa shape index (κ2) is 7.85. The molecule has 1 N–H and O–H groups in total. The molecule has 0 saturated carbocycles.